The van der Waals surface area contributed by atoms with Crippen LogP contribution in [0.3, 0.4) is 0 Å². The highest BCUT2D eigenvalue weighted by atomic mass is 35.5. The van der Waals surface area contributed by atoms with E-state index in [2.05, 4.69) is 4.98 Å². The molecule has 0 spiro atoms. The molecule has 0 aliphatic heterocycles. The van der Waals surface area contributed by atoms with Crippen molar-refractivity contribution in [3.8, 4) is 11.6 Å². The molecule has 6 nitrogen and oxygen atoms in total. The van der Waals surface area contributed by atoms with E-state index in [4.69, 9.17) is 39.1 Å². The number of nitrogens with two attached hydrogens (primary N) is 1. The van der Waals surface area contributed by atoms with Crippen LogP contribution in [0, 0.1) is 5.41 Å². The molecule has 0 aliphatic rings. The molecule has 116 valence electrons. The molecular weight excluding hydrogens is 327 g/mol. The molecular formula is C14H14Cl2N4O2. The van der Waals surface area contributed by atoms with Gasteiger partial charge in [0, 0.05) is 5.02 Å². The lowest BCUT2D eigenvalue weighted by Gasteiger charge is -2.14. The van der Waals surface area contributed by atoms with Gasteiger partial charge >= 0.3 is 0 Å². The summed E-state index contributed by atoms with van der Waals surface area (Å²) in [5, 5.41) is 18.1. The molecule has 0 bridgehead atoms. The summed E-state index contributed by atoms with van der Waals surface area (Å²) in [7, 11) is 0. The van der Waals surface area contributed by atoms with E-state index < -0.39 is 5.62 Å². The number of hydrogen-bond donors (Lipinski definition) is 3. The first-order chi connectivity index (χ1) is 10.4. The summed E-state index contributed by atoms with van der Waals surface area (Å²) in [6.07, 6.45) is 4.04. The molecule has 22 heavy (non-hydrogen) atoms. The van der Waals surface area contributed by atoms with Crippen LogP contribution in [-0.4, -0.2) is 14.9 Å². The Morgan fingerprint density at radius 3 is 2.82 bits per heavy atom. The minimum Gasteiger partial charge on any atom is -0.437 e. The van der Waals surface area contributed by atoms with Gasteiger partial charge in [0.25, 0.3) is 5.62 Å². The van der Waals surface area contributed by atoms with Crippen LogP contribution < -0.4 is 16.1 Å². The van der Waals surface area contributed by atoms with Crippen LogP contribution in [0.4, 0.5) is 5.82 Å². The lowest BCUT2D eigenvalue weighted by Crippen LogP contribution is -2.26. The summed E-state index contributed by atoms with van der Waals surface area (Å²) in [5.41, 5.74) is 5.83. The van der Waals surface area contributed by atoms with Gasteiger partial charge in [0.1, 0.15) is 5.75 Å². The minimum atomic E-state index is -0.443. The number of nitrogen functional groups attached to an aromatic ring is 1. The standard InChI is InChI=1S/C14H14Cl2N4O2/c1-2-3-4-9-12(17)20(21)14(18)19-13(9)22-11-6-5-8(15)7-10(11)16/h2-3,5-7,18,21H,4,17H2,1H3. The Hall–Kier alpha value is -2.18. The molecule has 2 aromatic rings. The van der Waals surface area contributed by atoms with Crippen molar-refractivity contribution in [2.45, 2.75) is 13.3 Å². The highest BCUT2D eigenvalue weighted by Crippen LogP contribution is 2.33. The zero-order valence-electron chi connectivity index (χ0n) is 11.7. The fourth-order valence-corrected chi connectivity index (χ4v) is 2.18. The molecule has 0 aliphatic carbocycles. The molecule has 4 N–H and O–H groups in total. The van der Waals surface area contributed by atoms with Crippen molar-refractivity contribution in [1.82, 2.24) is 9.71 Å². The van der Waals surface area contributed by atoms with Crippen molar-refractivity contribution in [2.75, 3.05) is 5.73 Å². The zero-order valence-corrected chi connectivity index (χ0v) is 13.2. The number of nitrogens with zero attached hydrogens (tertiary/aromatic N) is 2. The van der Waals surface area contributed by atoms with E-state index in [-0.39, 0.29) is 11.7 Å². The van der Waals surface area contributed by atoms with Crippen LogP contribution in [0.5, 0.6) is 11.6 Å². The Bertz CT molecular complexity index is 787. The van der Waals surface area contributed by atoms with Crippen LogP contribution in [0.1, 0.15) is 12.5 Å². The molecule has 1 aromatic carbocycles. The Morgan fingerprint density at radius 2 is 2.18 bits per heavy atom. The Balaban J connectivity index is 2.51. The third-order valence-corrected chi connectivity index (χ3v) is 3.39. The van der Waals surface area contributed by atoms with Crippen LogP contribution in [0.15, 0.2) is 30.4 Å². The summed E-state index contributed by atoms with van der Waals surface area (Å²) in [6, 6.07) is 4.74. The SMILES string of the molecule is CC=CCc1c(Oc2ccc(Cl)cc2Cl)nc(=N)n(O)c1N. The Labute approximate surface area is 136 Å². The van der Waals surface area contributed by atoms with Crippen molar-refractivity contribution in [3.63, 3.8) is 0 Å². The smallest absolute Gasteiger partial charge is 0.260 e. The fourth-order valence-electron chi connectivity index (χ4n) is 1.74. The van der Waals surface area contributed by atoms with Crippen molar-refractivity contribution in [1.29, 1.82) is 5.41 Å². The minimum absolute atomic E-state index is 0.0156. The van der Waals surface area contributed by atoms with Crippen molar-refractivity contribution in [2.24, 2.45) is 0 Å². The predicted molar refractivity (Wildman–Crippen MR) is 84.7 cm³/mol. The summed E-state index contributed by atoms with van der Waals surface area (Å²) in [5.74, 6) is 0.420. The number of halogens is 2. The molecule has 2 rings (SSSR count). The van der Waals surface area contributed by atoms with Gasteiger partial charge < -0.3 is 15.7 Å². The van der Waals surface area contributed by atoms with Crippen molar-refractivity contribution >= 4 is 29.0 Å². The third-order valence-electron chi connectivity index (χ3n) is 2.86. The highest BCUT2D eigenvalue weighted by Gasteiger charge is 2.15. The third kappa shape index (κ3) is 3.35. The van der Waals surface area contributed by atoms with Crippen LogP contribution in [0.2, 0.25) is 10.0 Å². The van der Waals surface area contributed by atoms with Gasteiger partial charge in [-0.15, -0.1) is 4.73 Å². The lowest BCUT2D eigenvalue weighted by atomic mass is 10.2. The van der Waals surface area contributed by atoms with E-state index in [9.17, 15) is 5.21 Å². The topological polar surface area (TPSA) is 97.1 Å². The maximum atomic E-state index is 9.69. The molecule has 0 saturated carbocycles. The fraction of sp³-hybridized carbons (Fsp3) is 0.143. The molecule has 0 saturated heterocycles. The molecule has 0 amide bonds. The first kappa shape index (κ1) is 16.2. The van der Waals surface area contributed by atoms with Gasteiger partial charge in [-0.2, -0.15) is 4.98 Å². The second-order valence-electron chi connectivity index (χ2n) is 4.37. The van der Waals surface area contributed by atoms with E-state index in [1.807, 2.05) is 19.1 Å². The van der Waals surface area contributed by atoms with Crippen LogP contribution in [0.25, 0.3) is 0 Å². The van der Waals surface area contributed by atoms with Crippen molar-refractivity contribution < 1.29 is 9.94 Å². The largest absolute Gasteiger partial charge is 0.437 e. The summed E-state index contributed by atoms with van der Waals surface area (Å²) >= 11 is 11.9. The van der Waals surface area contributed by atoms with Gasteiger partial charge in [-0.3, -0.25) is 5.41 Å². The molecule has 8 heteroatoms. The first-order valence-corrected chi connectivity index (χ1v) is 7.09. The van der Waals surface area contributed by atoms with Gasteiger partial charge in [-0.1, -0.05) is 35.4 Å². The number of hydrogen-bond acceptors (Lipinski definition) is 5. The van der Waals surface area contributed by atoms with E-state index in [0.29, 0.717) is 32.5 Å². The highest BCUT2D eigenvalue weighted by molar-refractivity contribution is 6.35. The van der Waals surface area contributed by atoms with Gasteiger partial charge in [-0.05, 0) is 31.5 Å². The van der Waals surface area contributed by atoms with Crippen LogP contribution in [-0.2, 0) is 6.42 Å². The molecule has 0 radical (unpaired) electrons. The monoisotopic (exact) mass is 340 g/mol. The Morgan fingerprint density at radius 1 is 1.45 bits per heavy atom. The maximum absolute atomic E-state index is 9.69. The van der Waals surface area contributed by atoms with Gasteiger partial charge in [0.05, 0.1) is 10.6 Å². The van der Waals surface area contributed by atoms with Gasteiger partial charge in [-0.25, -0.2) is 0 Å². The average molecular weight is 341 g/mol. The number of ether oxygens (including phenoxy) is 1. The number of anilines is 1. The summed E-state index contributed by atoms with van der Waals surface area (Å²) in [4.78, 5) is 3.90. The molecule has 1 heterocycles. The normalized spacial score (nSPS) is 11.0. The number of allylic oxidation sites excluding steroid dienone is 2. The second-order valence-corrected chi connectivity index (χ2v) is 5.21. The average Bonchev–Trinajstić information content (AvgIpc) is 2.47. The summed E-state index contributed by atoms with van der Waals surface area (Å²) in [6.45, 7) is 1.85. The second kappa shape index (κ2) is 6.72. The van der Waals surface area contributed by atoms with Crippen LogP contribution >= 0.6 is 23.2 Å². The molecule has 0 atom stereocenters. The summed E-state index contributed by atoms with van der Waals surface area (Å²) < 4.78 is 6.14. The van der Waals surface area contributed by atoms with Gasteiger partial charge in [0.15, 0.2) is 5.82 Å². The van der Waals surface area contributed by atoms with E-state index >= 15 is 0 Å². The Kier molecular flexibility index (Phi) is 4.95. The molecule has 0 unspecified atom stereocenters. The lowest BCUT2D eigenvalue weighted by molar-refractivity contribution is 0.169. The van der Waals surface area contributed by atoms with Crippen molar-refractivity contribution in [3.05, 3.63) is 51.6 Å². The number of aromatic nitrogens is 2. The van der Waals surface area contributed by atoms with Gasteiger partial charge in [0.2, 0.25) is 5.88 Å². The molecule has 1 aromatic heterocycles. The number of benzene rings is 1. The number of rotatable bonds is 4. The van der Waals surface area contributed by atoms with E-state index in [1.54, 1.807) is 12.1 Å². The maximum Gasteiger partial charge on any atom is 0.260 e. The molecule has 0 fully saturated rings. The van der Waals surface area contributed by atoms with E-state index in [1.165, 1.54) is 6.07 Å². The number of nitrogens with one attached hydrogen (secondary N) is 1. The van der Waals surface area contributed by atoms with E-state index in [0.717, 1.165) is 0 Å². The first-order valence-electron chi connectivity index (χ1n) is 6.33. The predicted octanol–water partition coefficient (Wildman–Crippen LogP) is 3.40. The zero-order chi connectivity index (χ0) is 16.3. The quantitative estimate of drug-likeness (QED) is 0.586.